The van der Waals surface area contributed by atoms with E-state index in [1.54, 1.807) is 6.92 Å². The van der Waals surface area contributed by atoms with E-state index in [2.05, 4.69) is 12.1 Å². The van der Waals surface area contributed by atoms with Gasteiger partial charge in [0.15, 0.2) is 5.78 Å². The molecule has 0 fully saturated rings. The van der Waals surface area contributed by atoms with E-state index in [1.807, 2.05) is 18.2 Å². The Balaban J connectivity index is 1.88. The molecule has 108 valence electrons. The van der Waals surface area contributed by atoms with Gasteiger partial charge < -0.3 is 4.74 Å². The highest BCUT2D eigenvalue weighted by atomic mass is 16.5. The van der Waals surface area contributed by atoms with E-state index >= 15 is 0 Å². The van der Waals surface area contributed by atoms with Crippen molar-refractivity contribution in [2.24, 2.45) is 0 Å². The average molecular weight is 282 g/mol. The van der Waals surface area contributed by atoms with Crippen molar-refractivity contribution in [3.8, 4) is 0 Å². The highest BCUT2D eigenvalue weighted by Crippen LogP contribution is 2.33. The van der Waals surface area contributed by atoms with E-state index in [0.29, 0.717) is 6.61 Å². The maximum Gasteiger partial charge on any atom is 0.306 e. The minimum Gasteiger partial charge on any atom is -0.466 e. The van der Waals surface area contributed by atoms with Gasteiger partial charge in [0.1, 0.15) is 0 Å². The van der Waals surface area contributed by atoms with Crippen molar-refractivity contribution in [3.63, 3.8) is 0 Å². The lowest BCUT2D eigenvalue weighted by Crippen LogP contribution is -2.08. The molecule has 3 heteroatoms. The first-order valence-electron chi connectivity index (χ1n) is 7.43. The number of hydrogen-bond acceptors (Lipinski definition) is 3. The summed E-state index contributed by atoms with van der Waals surface area (Å²) in [6, 6.07) is 10.1. The van der Waals surface area contributed by atoms with Crippen molar-refractivity contribution in [1.29, 1.82) is 0 Å². The monoisotopic (exact) mass is 282 g/mol. The Morgan fingerprint density at radius 2 is 1.81 bits per heavy atom. The Morgan fingerprint density at radius 1 is 1.05 bits per heavy atom. The number of rotatable bonds is 5. The highest BCUT2D eigenvalue weighted by molar-refractivity contribution is 6.10. The molecule has 0 radical (unpaired) electrons. The summed E-state index contributed by atoms with van der Waals surface area (Å²) in [5.41, 5.74) is 3.37. The topological polar surface area (TPSA) is 43.4 Å². The summed E-state index contributed by atoms with van der Waals surface area (Å²) in [5, 5.41) is 2.26. The molecule has 3 rings (SSSR count). The maximum atomic E-state index is 12.4. The average Bonchev–Trinajstić information content (AvgIpc) is 2.91. The number of Topliss-reactive ketones (excluding diaryl/α,β-unsaturated/α-hetero) is 1. The molecule has 0 aliphatic heterocycles. The van der Waals surface area contributed by atoms with Crippen LogP contribution in [-0.2, 0) is 22.4 Å². The van der Waals surface area contributed by atoms with Gasteiger partial charge in [-0.2, -0.15) is 0 Å². The van der Waals surface area contributed by atoms with Crippen molar-refractivity contribution >= 4 is 22.5 Å². The molecule has 1 aliphatic carbocycles. The third kappa shape index (κ3) is 2.56. The molecule has 0 aromatic heterocycles. The van der Waals surface area contributed by atoms with Crippen LogP contribution in [0.3, 0.4) is 0 Å². The van der Waals surface area contributed by atoms with Crippen LogP contribution in [0.15, 0.2) is 30.3 Å². The fourth-order valence-electron chi connectivity index (χ4n) is 3.07. The van der Waals surface area contributed by atoms with Gasteiger partial charge >= 0.3 is 5.97 Å². The van der Waals surface area contributed by atoms with Crippen LogP contribution in [0.4, 0.5) is 0 Å². The summed E-state index contributed by atoms with van der Waals surface area (Å²) in [6.07, 6.45) is 2.45. The third-order valence-corrected chi connectivity index (χ3v) is 4.04. The summed E-state index contributed by atoms with van der Waals surface area (Å²) in [6.45, 7) is 2.12. The summed E-state index contributed by atoms with van der Waals surface area (Å²) in [4.78, 5) is 23.8. The van der Waals surface area contributed by atoms with E-state index in [4.69, 9.17) is 4.74 Å². The van der Waals surface area contributed by atoms with E-state index in [9.17, 15) is 9.59 Å². The molecule has 0 unspecified atom stereocenters. The van der Waals surface area contributed by atoms with Gasteiger partial charge in [-0.15, -0.1) is 0 Å². The van der Waals surface area contributed by atoms with E-state index < -0.39 is 0 Å². The first kappa shape index (κ1) is 13.8. The van der Waals surface area contributed by atoms with Crippen molar-refractivity contribution in [1.82, 2.24) is 0 Å². The predicted octanol–water partition coefficient (Wildman–Crippen LogP) is 3.46. The number of carbonyl (C=O) groups excluding carboxylic acids is 2. The largest absolute Gasteiger partial charge is 0.466 e. The quantitative estimate of drug-likeness (QED) is 0.623. The lowest BCUT2D eigenvalue weighted by Gasteiger charge is -2.08. The first-order valence-corrected chi connectivity index (χ1v) is 7.43. The number of ether oxygens (including phenoxy) is 1. The smallest absolute Gasteiger partial charge is 0.306 e. The van der Waals surface area contributed by atoms with Crippen LogP contribution >= 0.6 is 0 Å². The third-order valence-electron chi connectivity index (χ3n) is 4.04. The second-order valence-electron chi connectivity index (χ2n) is 5.34. The predicted molar refractivity (Wildman–Crippen MR) is 81.6 cm³/mol. The van der Waals surface area contributed by atoms with Gasteiger partial charge in [-0.05, 0) is 41.7 Å². The van der Waals surface area contributed by atoms with Crippen LogP contribution in [0.5, 0.6) is 0 Å². The summed E-state index contributed by atoms with van der Waals surface area (Å²) < 4.78 is 4.87. The summed E-state index contributed by atoms with van der Waals surface area (Å²) >= 11 is 0. The zero-order chi connectivity index (χ0) is 14.8. The van der Waals surface area contributed by atoms with Crippen molar-refractivity contribution in [3.05, 3.63) is 47.0 Å². The Kier molecular flexibility index (Phi) is 3.74. The Bertz CT molecular complexity index is 705. The molecule has 0 saturated heterocycles. The van der Waals surface area contributed by atoms with Crippen LogP contribution in [0.25, 0.3) is 10.8 Å². The number of hydrogen-bond donors (Lipinski definition) is 0. The number of carbonyl (C=O) groups is 2. The molecule has 0 atom stereocenters. The number of ketones is 1. The number of aryl methyl sites for hydroxylation is 2. The molecule has 21 heavy (non-hydrogen) atoms. The summed E-state index contributed by atoms with van der Waals surface area (Å²) in [5.74, 6) is -0.296. The van der Waals surface area contributed by atoms with Crippen molar-refractivity contribution < 1.29 is 14.3 Å². The van der Waals surface area contributed by atoms with Crippen molar-refractivity contribution in [2.45, 2.75) is 32.6 Å². The molecule has 0 spiro atoms. The van der Waals surface area contributed by atoms with E-state index in [-0.39, 0.29) is 24.6 Å². The van der Waals surface area contributed by atoms with Crippen LogP contribution < -0.4 is 0 Å². The summed E-state index contributed by atoms with van der Waals surface area (Å²) in [7, 11) is 0. The molecule has 0 heterocycles. The van der Waals surface area contributed by atoms with Gasteiger partial charge in [0, 0.05) is 12.0 Å². The second kappa shape index (κ2) is 5.68. The molecule has 2 aromatic rings. The SMILES string of the molecule is CCOC(=O)CCC(=O)c1ccc2c3c(cccc13)CC2. The molecule has 0 amide bonds. The lowest BCUT2D eigenvalue weighted by molar-refractivity contribution is -0.143. The van der Waals surface area contributed by atoms with Gasteiger partial charge in [-0.3, -0.25) is 9.59 Å². The lowest BCUT2D eigenvalue weighted by atomic mass is 9.96. The minimum atomic E-state index is -0.309. The van der Waals surface area contributed by atoms with E-state index in [0.717, 1.165) is 23.8 Å². The van der Waals surface area contributed by atoms with E-state index in [1.165, 1.54) is 16.5 Å². The minimum absolute atomic E-state index is 0.0126. The van der Waals surface area contributed by atoms with Gasteiger partial charge in [-0.25, -0.2) is 0 Å². The van der Waals surface area contributed by atoms with Crippen LogP contribution in [-0.4, -0.2) is 18.4 Å². The molecule has 0 bridgehead atoms. The van der Waals surface area contributed by atoms with Crippen LogP contribution in [0.2, 0.25) is 0 Å². The molecule has 3 nitrogen and oxygen atoms in total. The highest BCUT2D eigenvalue weighted by Gasteiger charge is 2.19. The number of esters is 1. The Hall–Kier alpha value is -2.16. The Labute approximate surface area is 123 Å². The number of benzene rings is 2. The standard InChI is InChI=1S/C18H18O3/c1-2-21-17(20)11-10-16(19)14-9-8-13-7-6-12-4-3-5-15(14)18(12)13/h3-5,8-9H,2,6-7,10-11H2,1H3. The molecule has 1 aliphatic rings. The first-order chi connectivity index (χ1) is 10.2. The Morgan fingerprint density at radius 3 is 2.57 bits per heavy atom. The molecule has 0 saturated carbocycles. The molecule has 0 N–H and O–H groups in total. The van der Waals surface area contributed by atoms with Crippen molar-refractivity contribution in [2.75, 3.05) is 6.61 Å². The van der Waals surface area contributed by atoms with Gasteiger partial charge in [-0.1, -0.05) is 30.3 Å². The molecule has 2 aromatic carbocycles. The van der Waals surface area contributed by atoms with Crippen LogP contribution in [0.1, 0.15) is 41.3 Å². The van der Waals surface area contributed by atoms with Gasteiger partial charge in [0.05, 0.1) is 13.0 Å². The molecular formula is C18H18O3. The fraction of sp³-hybridized carbons (Fsp3) is 0.333. The van der Waals surface area contributed by atoms with Crippen LogP contribution in [0, 0.1) is 0 Å². The van der Waals surface area contributed by atoms with Gasteiger partial charge in [0.25, 0.3) is 0 Å². The second-order valence-corrected chi connectivity index (χ2v) is 5.34. The molecular weight excluding hydrogens is 264 g/mol. The zero-order valence-electron chi connectivity index (χ0n) is 12.1. The normalized spacial score (nSPS) is 12.6. The van der Waals surface area contributed by atoms with Gasteiger partial charge in [0.2, 0.25) is 0 Å². The fourth-order valence-corrected chi connectivity index (χ4v) is 3.07. The maximum absolute atomic E-state index is 12.4. The zero-order valence-corrected chi connectivity index (χ0v) is 12.1.